The van der Waals surface area contributed by atoms with E-state index in [0.717, 1.165) is 53.3 Å². The molecule has 9 heteroatoms. The minimum atomic E-state index is -0.944. The van der Waals surface area contributed by atoms with Crippen molar-refractivity contribution in [3.63, 3.8) is 0 Å². The highest BCUT2D eigenvalue weighted by atomic mass is 16.5. The van der Waals surface area contributed by atoms with Gasteiger partial charge in [0, 0.05) is 37.8 Å². The number of carbonyl (C=O) groups excluding carboxylic acids is 2. The smallest absolute Gasteiger partial charge is 0.160 e. The molecule has 0 bridgehead atoms. The first-order chi connectivity index (χ1) is 25.1. The number of phenolic OH excluding ortho intramolecular Hbond substituents is 2. The summed E-state index contributed by atoms with van der Waals surface area (Å²) in [5, 5.41) is 58.6. The van der Waals surface area contributed by atoms with Crippen LogP contribution in [-0.2, 0) is 16.0 Å². The van der Waals surface area contributed by atoms with E-state index >= 15 is 0 Å². The zero-order chi connectivity index (χ0) is 36.8. The van der Waals surface area contributed by atoms with E-state index in [-0.39, 0.29) is 42.3 Å². The summed E-state index contributed by atoms with van der Waals surface area (Å²) in [5.74, 6) is 7.05. The Labute approximate surface area is 306 Å². The highest BCUT2D eigenvalue weighted by Crippen LogP contribution is 2.39. The third-order valence-corrected chi connectivity index (χ3v) is 11.9. The molecular weight excluding hydrogens is 658 g/mol. The molecule has 8 atom stereocenters. The number of aliphatic hydroxyl groups is 3. The van der Waals surface area contributed by atoms with Crippen LogP contribution in [-0.4, -0.2) is 69.5 Å². The van der Waals surface area contributed by atoms with Crippen LogP contribution >= 0.6 is 0 Å². The van der Waals surface area contributed by atoms with Crippen LogP contribution in [0.5, 0.6) is 17.2 Å². The van der Waals surface area contributed by atoms with Crippen molar-refractivity contribution in [2.24, 2.45) is 23.7 Å². The number of aliphatic hydroxyl groups excluding tert-OH is 3. The molecule has 1 saturated heterocycles. The first-order valence-corrected chi connectivity index (χ1v) is 19.0. The molecule has 0 aromatic heterocycles. The van der Waals surface area contributed by atoms with Crippen LogP contribution in [0.25, 0.3) is 10.8 Å². The SMILES string of the molecule is COc1cc2c(cc1O)[C@H](CC[C@H](O)c1ccc3cc(O)ccc3c1)C#C[C@H]([C@H](O)CCC[C@H](CCO)[C@@H]1CN[C@@H]3CC(=O)CC[C@@H]3C1)C(=O)CC2. The van der Waals surface area contributed by atoms with Crippen LogP contribution in [0.3, 0.4) is 0 Å². The first-order valence-electron chi connectivity index (χ1n) is 19.0. The summed E-state index contributed by atoms with van der Waals surface area (Å²) in [6, 6.07) is 14.4. The van der Waals surface area contributed by atoms with Crippen LogP contribution in [0, 0.1) is 35.5 Å². The number of carbonyl (C=O) groups is 2. The molecule has 278 valence electrons. The van der Waals surface area contributed by atoms with Gasteiger partial charge in [0.25, 0.3) is 0 Å². The maximum atomic E-state index is 13.6. The van der Waals surface area contributed by atoms with Crippen molar-refractivity contribution in [2.75, 3.05) is 20.3 Å². The summed E-state index contributed by atoms with van der Waals surface area (Å²) in [7, 11) is 1.48. The van der Waals surface area contributed by atoms with Gasteiger partial charge >= 0.3 is 0 Å². The molecule has 0 radical (unpaired) electrons. The van der Waals surface area contributed by atoms with Gasteiger partial charge in [-0.15, -0.1) is 0 Å². The Morgan fingerprint density at radius 2 is 1.73 bits per heavy atom. The Kier molecular flexibility index (Phi) is 12.5. The lowest BCUT2D eigenvalue weighted by Crippen LogP contribution is -2.50. The monoisotopic (exact) mass is 711 g/mol. The summed E-state index contributed by atoms with van der Waals surface area (Å²) < 4.78 is 5.39. The number of phenols is 2. The highest BCUT2D eigenvalue weighted by Gasteiger charge is 2.37. The molecule has 6 N–H and O–H groups in total. The minimum Gasteiger partial charge on any atom is -0.508 e. The Hall–Kier alpha value is -3.94. The standard InChI is InChI=1S/C43H53NO8/c1-52-43-22-30-11-16-41(50)36(40(49)4-2-3-26(17-18-45)33-20-31-8-13-35(47)23-38(31)44-25-33)14-9-27(37(30)24-42(43)51)10-15-39(48)32-6-5-29-21-34(46)12-7-28(29)19-32/h5-7,12,19,21-22,24,26-27,31,33,36,38-40,44-46,48-49,51H,2-4,8,10-11,13,15-18,20,23,25H2,1H3/t26-,27+,31-,33+,36-,38-,39+,40-/m1/s1. The molecule has 1 heterocycles. The van der Waals surface area contributed by atoms with Crippen LogP contribution in [0.4, 0.5) is 0 Å². The van der Waals surface area contributed by atoms with Gasteiger partial charge in [0.1, 0.15) is 17.5 Å². The minimum absolute atomic E-state index is 0.0216. The van der Waals surface area contributed by atoms with Gasteiger partial charge in [-0.25, -0.2) is 0 Å². The average Bonchev–Trinajstić information content (AvgIpc) is 3.20. The van der Waals surface area contributed by atoms with Gasteiger partial charge in [-0.2, -0.15) is 0 Å². The molecule has 3 aromatic rings. The second-order valence-electron chi connectivity index (χ2n) is 15.2. The molecule has 9 nitrogen and oxygen atoms in total. The van der Waals surface area contributed by atoms with E-state index in [0.29, 0.717) is 74.7 Å². The van der Waals surface area contributed by atoms with Gasteiger partial charge in [0.15, 0.2) is 17.3 Å². The molecule has 0 amide bonds. The Bertz CT molecular complexity index is 1790. The second kappa shape index (κ2) is 17.3. The lowest BCUT2D eigenvalue weighted by atomic mass is 9.71. The summed E-state index contributed by atoms with van der Waals surface area (Å²) >= 11 is 0. The van der Waals surface area contributed by atoms with E-state index in [1.165, 1.54) is 7.11 Å². The molecule has 0 spiro atoms. The lowest BCUT2D eigenvalue weighted by Gasteiger charge is -2.42. The third kappa shape index (κ3) is 8.98. The zero-order valence-corrected chi connectivity index (χ0v) is 30.1. The van der Waals surface area contributed by atoms with Gasteiger partial charge in [0.2, 0.25) is 0 Å². The molecule has 6 rings (SSSR count). The van der Waals surface area contributed by atoms with Crippen LogP contribution in [0.2, 0.25) is 0 Å². The normalized spacial score (nSPS) is 25.0. The fraction of sp³-hybridized carbons (Fsp3) is 0.535. The number of methoxy groups -OCH3 is 1. The van der Waals surface area contributed by atoms with Crippen molar-refractivity contribution < 1.29 is 39.9 Å². The summed E-state index contributed by atoms with van der Waals surface area (Å²) in [4.78, 5) is 25.6. The summed E-state index contributed by atoms with van der Waals surface area (Å²) in [5.41, 5.74) is 2.37. The van der Waals surface area contributed by atoms with E-state index < -0.39 is 24.0 Å². The van der Waals surface area contributed by atoms with Gasteiger partial charge in [-0.1, -0.05) is 36.5 Å². The number of rotatable bonds is 13. The quantitative estimate of drug-likeness (QED) is 0.119. The van der Waals surface area contributed by atoms with Crippen LogP contribution < -0.4 is 10.1 Å². The molecule has 2 fully saturated rings. The fourth-order valence-electron chi connectivity index (χ4n) is 8.84. The lowest BCUT2D eigenvalue weighted by molar-refractivity contribution is -0.124. The Morgan fingerprint density at radius 3 is 2.54 bits per heavy atom. The zero-order valence-electron chi connectivity index (χ0n) is 30.1. The van der Waals surface area contributed by atoms with Gasteiger partial charge < -0.3 is 35.6 Å². The fourth-order valence-corrected chi connectivity index (χ4v) is 8.84. The number of aryl methyl sites for hydroxylation is 1. The summed E-state index contributed by atoms with van der Waals surface area (Å²) in [6.45, 7) is 0.932. The second-order valence-corrected chi connectivity index (χ2v) is 15.2. The molecule has 3 aromatic carbocycles. The van der Waals surface area contributed by atoms with Crippen molar-refractivity contribution in [3.8, 4) is 29.1 Å². The number of hydrogen-bond acceptors (Lipinski definition) is 9. The predicted octanol–water partition coefficient (Wildman–Crippen LogP) is 5.87. The van der Waals surface area contributed by atoms with Crippen molar-refractivity contribution in [1.82, 2.24) is 5.32 Å². The van der Waals surface area contributed by atoms with E-state index in [1.54, 1.807) is 24.3 Å². The number of nitrogens with one attached hydrogen (secondary N) is 1. The molecular formula is C43H53NO8. The largest absolute Gasteiger partial charge is 0.508 e. The Morgan fingerprint density at radius 1 is 0.923 bits per heavy atom. The first kappa shape index (κ1) is 37.8. The highest BCUT2D eigenvalue weighted by molar-refractivity contribution is 5.85. The van der Waals surface area contributed by atoms with Gasteiger partial charge in [-0.05, 0) is 133 Å². The molecule has 3 aliphatic rings. The average molecular weight is 712 g/mol. The van der Waals surface area contributed by atoms with Gasteiger partial charge in [0.05, 0.1) is 19.3 Å². The molecule has 52 heavy (non-hydrogen) atoms. The van der Waals surface area contributed by atoms with E-state index in [1.807, 2.05) is 24.3 Å². The molecule has 0 unspecified atom stereocenters. The number of aromatic hydroxyl groups is 2. The third-order valence-electron chi connectivity index (χ3n) is 11.9. The molecule has 1 saturated carbocycles. The number of piperidine rings is 1. The maximum Gasteiger partial charge on any atom is 0.160 e. The van der Waals surface area contributed by atoms with Crippen LogP contribution in [0.15, 0.2) is 48.5 Å². The molecule has 2 aliphatic carbocycles. The van der Waals surface area contributed by atoms with Gasteiger partial charge in [-0.3, -0.25) is 9.59 Å². The number of ether oxygens (including phenoxy) is 1. The van der Waals surface area contributed by atoms with E-state index in [4.69, 9.17) is 4.74 Å². The summed E-state index contributed by atoms with van der Waals surface area (Å²) in [6.07, 6.45) is 5.54. The van der Waals surface area contributed by atoms with E-state index in [9.17, 15) is 35.1 Å². The topological polar surface area (TPSA) is 157 Å². The van der Waals surface area contributed by atoms with Crippen molar-refractivity contribution in [3.05, 3.63) is 65.2 Å². The predicted molar refractivity (Wildman–Crippen MR) is 199 cm³/mol. The number of Topliss-reactive ketones (excluding diaryl/α,β-unsaturated/α-hetero) is 2. The number of fused-ring (bicyclic) bond motifs is 3. The van der Waals surface area contributed by atoms with Crippen molar-refractivity contribution >= 4 is 22.3 Å². The Balaban J connectivity index is 1.15. The molecule has 1 aliphatic heterocycles. The maximum absolute atomic E-state index is 13.6. The number of hydrogen-bond donors (Lipinski definition) is 6. The van der Waals surface area contributed by atoms with Crippen LogP contribution in [0.1, 0.15) is 99.3 Å². The number of benzene rings is 3. The van der Waals surface area contributed by atoms with E-state index in [2.05, 4.69) is 17.2 Å². The number of ketones is 2. The van der Waals surface area contributed by atoms with Crippen molar-refractivity contribution in [2.45, 2.75) is 101 Å². The van der Waals surface area contributed by atoms with Crippen molar-refractivity contribution in [1.29, 1.82) is 0 Å².